The molecule has 0 unspecified atom stereocenters. The number of thiophene rings is 1. The fraction of sp³-hybridized carbons (Fsp3) is 0.250. The number of rotatable bonds is 6. The van der Waals surface area contributed by atoms with Crippen LogP contribution in [0.1, 0.15) is 45.1 Å². The van der Waals surface area contributed by atoms with Crippen LogP contribution in [0.2, 0.25) is 0 Å². The zero-order chi connectivity index (χ0) is 23.1. The summed E-state index contributed by atoms with van der Waals surface area (Å²) in [6, 6.07) is 13.0. The molecule has 0 radical (unpaired) electrons. The minimum Gasteiger partial charge on any atom is -0.493 e. The van der Waals surface area contributed by atoms with Crippen molar-refractivity contribution in [3.63, 3.8) is 0 Å². The van der Waals surface area contributed by atoms with E-state index < -0.39 is 12.2 Å². The molecule has 0 bridgehead atoms. The molecule has 3 aromatic rings. The van der Waals surface area contributed by atoms with Crippen LogP contribution in [0.5, 0.6) is 23.0 Å². The topological polar surface area (TPSA) is 89.8 Å². The SMILES string of the molecule is COc1cccc2c1O[C@H](c1ccc(OC)c(OC)c1C(=O)O)N1N=C(c3cccs3)C[C@H]21. The van der Waals surface area contributed by atoms with Crippen LogP contribution in [-0.4, -0.2) is 43.1 Å². The molecule has 33 heavy (non-hydrogen) atoms. The second kappa shape index (κ2) is 8.32. The summed E-state index contributed by atoms with van der Waals surface area (Å²) in [5.41, 5.74) is 2.26. The summed E-state index contributed by atoms with van der Waals surface area (Å²) in [5, 5.41) is 18.8. The second-order valence-electron chi connectivity index (χ2n) is 7.54. The summed E-state index contributed by atoms with van der Waals surface area (Å²) in [6.45, 7) is 0. The molecule has 0 aliphatic carbocycles. The third-order valence-electron chi connectivity index (χ3n) is 5.86. The number of hydrogen-bond donors (Lipinski definition) is 1. The Kier molecular flexibility index (Phi) is 5.33. The Labute approximate surface area is 194 Å². The number of benzene rings is 2. The monoisotopic (exact) mass is 466 g/mol. The maximum atomic E-state index is 12.4. The second-order valence-corrected chi connectivity index (χ2v) is 8.49. The van der Waals surface area contributed by atoms with Crippen molar-refractivity contribution in [2.75, 3.05) is 21.3 Å². The average Bonchev–Trinajstić information content (AvgIpc) is 3.52. The van der Waals surface area contributed by atoms with Gasteiger partial charge >= 0.3 is 5.97 Å². The Morgan fingerprint density at radius 1 is 1.06 bits per heavy atom. The van der Waals surface area contributed by atoms with Gasteiger partial charge in [0.05, 0.1) is 38.0 Å². The van der Waals surface area contributed by atoms with Gasteiger partial charge in [-0.05, 0) is 29.6 Å². The number of nitrogens with zero attached hydrogens (tertiary/aromatic N) is 2. The predicted octanol–water partition coefficient (Wildman–Crippen LogP) is 4.71. The Balaban J connectivity index is 1.71. The average molecular weight is 467 g/mol. The highest BCUT2D eigenvalue weighted by atomic mass is 32.1. The first-order valence-corrected chi connectivity index (χ1v) is 11.2. The van der Waals surface area contributed by atoms with Gasteiger partial charge in [-0.2, -0.15) is 5.10 Å². The van der Waals surface area contributed by atoms with Crippen molar-refractivity contribution < 1.29 is 28.8 Å². The molecule has 9 heteroatoms. The Bertz CT molecular complexity index is 1240. The number of ether oxygens (including phenoxy) is 4. The fourth-order valence-electron chi connectivity index (χ4n) is 4.41. The molecule has 5 rings (SSSR count). The van der Waals surface area contributed by atoms with Crippen molar-refractivity contribution in [3.05, 3.63) is 69.4 Å². The molecule has 170 valence electrons. The van der Waals surface area contributed by atoms with Crippen LogP contribution in [0.3, 0.4) is 0 Å². The highest BCUT2D eigenvalue weighted by Crippen LogP contribution is 2.52. The molecule has 1 aromatic heterocycles. The molecule has 2 aliphatic rings. The van der Waals surface area contributed by atoms with Gasteiger partial charge in [-0.15, -0.1) is 11.3 Å². The van der Waals surface area contributed by atoms with Crippen LogP contribution in [0.15, 0.2) is 52.9 Å². The zero-order valence-electron chi connectivity index (χ0n) is 18.3. The third-order valence-corrected chi connectivity index (χ3v) is 6.78. The molecule has 0 fully saturated rings. The van der Waals surface area contributed by atoms with Crippen LogP contribution < -0.4 is 18.9 Å². The van der Waals surface area contributed by atoms with Crippen molar-refractivity contribution in [2.45, 2.75) is 18.7 Å². The molecule has 0 saturated carbocycles. The van der Waals surface area contributed by atoms with E-state index in [1.807, 2.05) is 40.7 Å². The Morgan fingerprint density at radius 2 is 1.88 bits per heavy atom. The van der Waals surface area contributed by atoms with Crippen LogP contribution in [0.4, 0.5) is 0 Å². The number of aromatic carboxylic acids is 1. The van der Waals surface area contributed by atoms with Crippen LogP contribution >= 0.6 is 11.3 Å². The maximum Gasteiger partial charge on any atom is 0.340 e. The summed E-state index contributed by atoms with van der Waals surface area (Å²) in [7, 11) is 4.47. The van der Waals surface area contributed by atoms with Gasteiger partial charge in [0.1, 0.15) is 5.56 Å². The quantitative estimate of drug-likeness (QED) is 0.562. The molecule has 0 amide bonds. The van der Waals surface area contributed by atoms with Gasteiger partial charge < -0.3 is 24.1 Å². The van der Waals surface area contributed by atoms with Crippen molar-refractivity contribution >= 4 is 23.0 Å². The molecule has 2 atom stereocenters. The molecule has 1 N–H and O–H groups in total. The van der Waals surface area contributed by atoms with Crippen molar-refractivity contribution in [1.82, 2.24) is 5.01 Å². The minimum absolute atomic E-state index is 0.0290. The van der Waals surface area contributed by atoms with Gasteiger partial charge in [-0.25, -0.2) is 9.80 Å². The highest BCUT2D eigenvalue weighted by Gasteiger charge is 2.44. The smallest absolute Gasteiger partial charge is 0.340 e. The first-order valence-electron chi connectivity index (χ1n) is 10.3. The maximum absolute atomic E-state index is 12.4. The number of para-hydroxylation sites is 1. The van der Waals surface area contributed by atoms with Gasteiger partial charge in [0.25, 0.3) is 0 Å². The van der Waals surface area contributed by atoms with E-state index in [1.165, 1.54) is 14.2 Å². The van der Waals surface area contributed by atoms with E-state index in [0.29, 0.717) is 29.2 Å². The van der Waals surface area contributed by atoms with Gasteiger partial charge in [-0.3, -0.25) is 0 Å². The Hall–Kier alpha value is -3.72. The Morgan fingerprint density at radius 3 is 2.55 bits per heavy atom. The number of methoxy groups -OCH3 is 3. The molecule has 2 aliphatic heterocycles. The number of carboxylic acids is 1. The van der Waals surface area contributed by atoms with Crippen molar-refractivity contribution in [3.8, 4) is 23.0 Å². The van der Waals surface area contributed by atoms with E-state index in [9.17, 15) is 9.90 Å². The van der Waals surface area contributed by atoms with E-state index in [2.05, 4.69) is 0 Å². The molecular formula is C24H22N2O6S. The fourth-order valence-corrected chi connectivity index (χ4v) is 5.13. The molecule has 0 spiro atoms. The number of carbonyl (C=O) groups is 1. The standard InChI is InChI=1S/C24H22N2O6S/c1-29-17-7-4-6-13-16-12-15(19-8-5-11-33-19)25-26(16)23(32-21(13)17)14-9-10-18(30-2)22(31-3)20(14)24(27)28/h4-11,16,23H,12H2,1-3H3,(H,27,28)/t16-,23-/m1/s1. The first kappa shape index (κ1) is 21.1. The normalized spacial score (nSPS) is 18.6. The number of fused-ring (bicyclic) bond motifs is 3. The lowest BCUT2D eigenvalue weighted by Crippen LogP contribution is -2.35. The lowest BCUT2D eigenvalue weighted by molar-refractivity contribution is -0.0217. The predicted molar refractivity (Wildman–Crippen MR) is 123 cm³/mol. The summed E-state index contributed by atoms with van der Waals surface area (Å²) < 4.78 is 22.7. The van der Waals surface area contributed by atoms with E-state index in [0.717, 1.165) is 16.2 Å². The zero-order valence-corrected chi connectivity index (χ0v) is 19.1. The van der Waals surface area contributed by atoms with Crippen LogP contribution in [-0.2, 0) is 0 Å². The molecule has 2 aromatic carbocycles. The number of hydrazone groups is 1. The van der Waals surface area contributed by atoms with E-state index in [4.69, 9.17) is 24.0 Å². The number of carboxylic acid groups (broad SMARTS) is 1. The minimum atomic E-state index is -1.15. The van der Waals surface area contributed by atoms with Crippen molar-refractivity contribution in [2.24, 2.45) is 5.10 Å². The lowest BCUT2D eigenvalue weighted by atomic mass is 9.96. The van der Waals surface area contributed by atoms with Gasteiger partial charge in [0, 0.05) is 17.5 Å². The molecule has 3 heterocycles. The summed E-state index contributed by atoms with van der Waals surface area (Å²) in [5.74, 6) is 0.482. The number of hydrogen-bond acceptors (Lipinski definition) is 8. The van der Waals surface area contributed by atoms with Crippen LogP contribution in [0, 0.1) is 0 Å². The first-order chi connectivity index (χ1) is 16.1. The summed E-state index contributed by atoms with van der Waals surface area (Å²) in [4.78, 5) is 13.4. The largest absolute Gasteiger partial charge is 0.493 e. The van der Waals surface area contributed by atoms with E-state index in [-0.39, 0.29) is 17.4 Å². The van der Waals surface area contributed by atoms with Gasteiger partial charge in [0.2, 0.25) is 6.23 Å². The third kappa shape index (κ3) is 3.36. The summed E-state index contributed by atoms with van der Waals surface area (Å²) >= 11 is 1.62. The van der Waals surface area contributed by atoms with Gasteiger partial charge in [0.15, 0.2) is 23.0 Å². The molecular weight excluding hydrogens is 444 g/mol. The van der Waals surface area contributed by atoms with E-state index >= 15 is 0 Å². The van der Waals surface area contributed by atoms with E-state index in [1.54, 1.807) is 30.6 Å². The molecule has 8 nitrogen and oxygen atoms in total. The van der Waals surface area contributed by atoms with Gasteiger partial charge in [-0.1, -0.05) is 18.2 Å². The summed E-state index contributed by atoms with van der Waals surface area (Å²) in [6.07, 6.45) is -0.141. The highest BCUT2D eigenvalue weighted by molar-refractivity contribution is 7.12. The lowest BCUT2D eigenvalue weighted by Gasteiger charge is -2.39. The molecule has 0 saturated heterocycles. The van der Waals surface area contributed by atoms with Crippen LogP contribution in [0.25, 0.3) is 0 Å². The van der Waals surface area contributed by atoms with Crippen molar-refractivity contribution in [1.29, 1.82) is 0 Å².